The Morgan fingerprint density at radius 3 is 2.48 bits per heavy atom. The standard InChI is InChI=1S/C20H18N2O3/c21-12-16(10-13-6-9-17(23)18(24)11-13)20(25)22-19(15-7-8-15)14-4-2-1-3-5-14/h1-6,9-11,15,19,23-24H,7-8H2,(H,22,25)/b16-10+/t19-/m1/s1. The predicted octanol–water partition coefficient (Wildman–Crippen LogP) is 3.27. The molecule has 2 aromatic rings. The molecular formula is C20H18N2O3. The Morgan fingerprint density at radius 1 is 1.16 bits per heavy atom. The molecule has 0 saturated heterocycles. The van der Waals surface area contributed by atoms with E-state index in [2.05, 4.69) is 5.32 Å². The first-order valence-corrected chi connectivity index (χ1v) is 8.08. The van der Waals surface area contributed by atoms with Crippen molar-refractivity contribution in [3.8, 4) is 17.6 Å². The largest absolute Gasteiger partial charge is 0.504 e. The van der Waals surface area contributed by atoms with Crippen LogP contribution in [0.1, 0.15) is 30.0 Å². The molecule has 2 aromatic carbocycles. The second-order valence-corrected chi connectivity index (χ2v) is 6.12. The van der Waals surface area contributed by atoms with Crippen LogP contribution < -0.4 is 5.32 Å². The Hall–Kier alpha value is -3.26. The number of hydrogen-bond donors (Lipinski definition) is 3. The fraction of sp³-hybridized carbons (Fsp3) is 0.200. The molecule has 1 amide bonds. The highest BCUT2D eigenvalue weighted by Crippen LogP contribution is 2.41. The maximum Gasteiger partial charge on any atom is 0.262 e. The van der Waals surface area contributed by atoms with Gasteiger partial charge in [0.05, 0.1) is 6.04 Å². The lowest BCUT2D eigenvalue weighted by Gasteiger charge is -2.18. The van der Waals surface area contributed by atoms with Crippen molar-refractivity contribution in [2.24, 2.45) is 5.92 Å². The van der Waals surface area contributed by atoms with E-state index < -0.39 is 5.91 Å². The Kier molecular flexibility index (Phi) is 4.71. The molecule has 0 aliphatic heterocycles. The zero-order chi connectivity index (χ0) is 17.8. The van der Waals surface area contributed by atoms with E-state index in [4.69, 9.17) is 0 Å². The minimum absolute atomic E-state index is 0.0494. The van der Waals surface area contributed by atoms with Crippen LogP contribution in [0.5, 0.6) is 11.5 Å². The van der Waals surface area contributed by atoms with E-state index in [-0.39, 0.29) is 23.1 Å². The highest BCUT2D eigenvalue weighted by Gasteiger charge is 2.33. The number of rotatable bonds is 5. The van der Waals surface area contributed by atoms with E-state index in [1.807, 2.05) is 36.4 Å². The molecule has 0 spiro atoms. The van der Waals surface area contributed by atoms with Crippen LogP contribution in [0.25, 0.3) is 6.08 Å². The number of aromatic hydroxyl groups is 2. The molecule has 5 nitrogen and oxygen atoms in total. The van der Waals surface area contributed by atoms with Gasteiger partial charge in [-0.15, -0.1) is 0 Å². The summed E-state index contributed by atoms with van der Waals surface area (Å²) in [6, 6.07) is 15.6. The van der Waals surface area contributed by atoms with Crippen LogP contribution in [-0.4, -0.2) is 16.1 Å². The van der Waals surface area contributed by atoms with Gasteiger partial charge in [0.15, 0.2) is 11.5 Å². The molecule has 0 bridgehead atoms. The molecular weight excluding hydrogens is 316 g/mol. The van der Waals surface area contributed by atoms with Gasteiger partial charge >= 0.3 is 0 Å². The first-order valence-electron chi connectivity index (χ1n) is 8.08. The van der Waals surface area contributed by atoms with Crippen LogP contribution in [0.2, 0.25) is 0 Å². The molecule has 1 saturated carbocycles. The molecule has 126 valence electrons. The molecule has 0 aromatic heterocycles. The average Bonchev–Trinajstić information content (AvgIpc) is 3.46. The third-order valence-corrected chi connectivity index (χ3v) is 4.21. The summed E-state index contributed by atoms with van der Waals surface area (Å²) in [7, 11) is 0. The van der Waals surface area contributed by atoms with E-state index in [0.29, 0.717) is 11.5 Å². The summed E-state index contributed by atoms with van der Waals surface area (Å²) in [6.45, 7) is 0. The number of phenolic OH excluding ortho intramolecular Hbond substituents is 2. The van der Waals surface area contributed by atoms with Gasteiger partial charge in [-0.05, 0) is 48.1 Å². The monoisotopic (exact) mass is 334 g/mol. The number of carbonyl (C=O) groups excluding carboxylic acids is 1. The number of carbonyl (C=O) groups is 1. The van der Waals surface area contributed by atoms with Crippen molar-refractivity contribution >= 4 is 12.0 Å². The van der Waals surface area contributed by atoms with Gasteiger partial charge < -0.3 is 15.5 Å². The molecule has 0 heterocycles. The van der Waals surface area contributed by atoms with Gasteiger partial charge in [0.25, 0.3) is 5.91 Å². The predicted molar refractivity (Wildman–Crippen MR) is 93.4 cm³/mol. The molecule has 3 rings (SSSR count). The van der Waals surface area contributed by atoms with Gasteiger partial charge in [-0.3, -0.25) is 4.79 Å². The molecule has 5 heteroatoms. The van der Waals surface area contributed by atoms with Crippen molar-refractivity contribution < 1.29 is 15.0 Å². The van der Waals surface area contributed by atoms with Crippen molar-refractivity contribution in [3.63, 3.8) is 0 Å². The fourth-order valence-electron chi connectivity index (χ4n) is 2.73. The summed E-state index contributed by atoms with van der Waals surface area (Å²) < 4.78 is 0. The summed E-state index contributed by atoms with van der Waals surface area (Å²) in [5.41, 5.74) is 1.44. The molecule has 25 heavy (non-hydrogen) atoms. The zero-order valence-electron chi connectivity index (χ0n) is 13.5. The van der Waals surface area contributed by atoms with Crippen LogP contribution in [0.3, 0.4) is 0 Å². The van der Waals surface area contributed by atoms with Crippen LogP contribution in [0, 0.1) is 17.2 Å². The van der Waals surface area contributed by atoms with Crippen LogP contribution in [-0.2, 0) is 4.79 Å². The number of phenols is 2. The van der Waals surface area contributed by atoms with Crippen molar-refractivity contribution in [1.29, 1.82) is 5.26 Å². The average molecular weight is 334 g/mol. The van der Waals surface area contributed by atoms with Crippen molar-refractivity contribution in [2.45, 2.75) is 18.9 Å². The zero-order valence-corrected chi connectivity index (χ0v) is 13.5. The van der Waals surface area contributed by atoms with Gasteiger partial charge in [-0.1, -0.05) is 36.4 Å². The third-order valence-electron chi connectivity index (χ3n) is 4.21. The second-order valence-electron chi connectivity index (χ2n) is 6.12. The maximum absolute atomic E-state index is 12.5. The summed E-state index contributed by atoms with van der Waals surface area (Å²) in [5.74, 6) is -0.607. The quantitative estimate of drug-likeness (QED) is 0.444. The van der Waals surface area contributed by atoms with Gasteiger partial charge in [0.2, 0.25) is 0 Å². The second kappa shape index (κ2) is 7.10. The van der Waals surface area contributed by atoms with Gasteiger partial charge in [0.1, 0.15) is 11.6 Å². The third kappa shape index (κ3) is 3.99. The number of benzene rings is 2. The molecule has 1 aliphatic carbocycles. The molecule has 3 N–H and O–H groups in total. The SMILES string of the molecule is N#C/C(=C\c1ccc(O)c(O)c1)C(=O)N[C@H](c1ccccc1)C1CC1. The fourth-order valence-corrected chi connectivity index (χ4v) is 2.73. The number of nitrogens with one attached hydrogen (secondary N) is 1. The Balaban J connectivity index is 1.81. The smallest absolute Gasteiger partial charge is 0.262 e. The summed E-state index contributed by atoms with van der Waals surface area (Å²) in [4.78, 5) is 12.5. The molecule has 1 atom stereocenters. The minimum atomic E-state index is -0.448. The Bertz CT molecular complexity index is 849. The van der Waals surface area contributed by atoms with Crippen molar-refractivity contribution in [1.82, 2.24) is 5.32 Å². The number of nitrogens with zero attached hydrogens (tertiary/aromatic N) is 1. The van der Waals surface area contributed by atoms with E-state index in [1.165, 1.54) is 24.3 Å². The molecule has 0 unspecified atom stereocenters. The van der Waals surface area contributed by atoms with E-state index >= 15 is 0 Å². The van der Waals surface area contributed by atoms with E-state index in [1.54, 1.807) is 0 Å². The first-order chi connectivity index (χ1) is 12.1. The van der Waals surface area contributed by atoms with Crippen molar-refractivity contribution in [2.75, 3.05) is 0 Å². The maximum atomic E-state index is 12.5. The first kappa shape index (κ1) is 16.6. The Morgan fingerprint density at radius 2 is 1.88 bits per heavy atom. The topological polar surface area (TPSA) is 93.3 Å². The highest BCUT2D eigenvalue weighted by atomic mass is 16.3. The van der Waals surface area contributed by atoms with Crippen LogP contribution in [0.15, 0.2) is 54.1 Å². The van der Waals surface area contributed by atoms with E-state index in [0.717, 1.165) is 18.4 Å². The number of hydrogen-bond acceptors (Lipinski definition) is 4. The van der Waals surface area contributed by atoms with E-state index in [9.17, 15) is 20.3 Å². The Labute approximate surface area is 145 Å². The highest BCUT2D eigenvalue weighted by molar-refractivity contribution is 6.02. The minimum Gasteiger partial charge on any atom is -0.504 e. The lowest BCUT2D eigenvalue weighted by molar-refractivity contribution is -0.117. The van der Waals surface area contributed by atoms with Gasteiger partial charge in [-0.25, -0.2) is 0 Å². The van der Waals surface area contributed by atoms with Crippen LogP contribution in [0.4, 0.5) is 0 Å². The number of amides is 1. The molecule has 1 fully saturated rings. The summed E-state index contributed by atoms with van der Waals surface area (Å²) >= 11 is 0. The molecule has 0 radical (unpaired) electrons. The lowest BCUT2D eigenvalue weighted by atomic mass is 10.0. The normalized spacial score (nSPS) is 15.2. The van der Waals surface area contributed by atoms with Crippen LogP contribution >= 0.6 is 0 Å². The lowest BCUT2D eigenvalue weighted by Crippen LogP contribution is -2.30. The molecule has 1 aliphatic rings. The van der Waals surface area contributed by atoms with Gasteiger partial charge in [-0.2, -0.15) is 5.26 Å². The van der Waals surface area contributed by atoms with Gasteiger partial charge in [0, 0.05) is 0 Å². The number of nitriles is 1. The summed E-state index contributed by atoms with van der Waals surface area (Å²) in [6.07, 6.45) is 3.50. The van der Waals surface area contributed by atoms with Crippen molar-refractivity contribution in [3.05, 3.63) is 65.2 Å². The summed E-state index contributed by atoms with van der Waals surface area (Å²) in [5, 5.41) is 31.2.